The minimum atomic E-state index is -0.520. The van der Waals surface area contributed by atoms with Gasteiger partial charge in [0.05, 0.1) is 12.0 Å². The Labute approximate surface area is 150 Å². The molecule has 1 saturated heterocycles. The maximum atomic E-state index is 12.2. The number of aromatic nitrogens is 2. The lowest BCUT2D eigenvalue weighted by molar-refractivity contribution is -0.125. The Balaban J connectivity index is 1.67. The predicted octanol–water partition coefficient (Wildman–Crippen LogP) is 1.85. The first-order valence-electron chi connectivity index (χ1n) is 8.14. The predicted molar refractivity (Wildman–Crippen MR) is 94.5 cm³/mol. The molecule has 8 heteroatoms. The summed E-state index contributed by atoms with van der Waals surface area (Å²) in [6.07, 6.45) is 5.99. The molecule has 0 bridgehead atoms. The van der Waals surface area contributed by atoms with E-state index in [1.165, 1.54) is 0 Å². The van der Waals surface area contributed by atoms with Crippen molar-refractivity contribution in [3.05, 3.63) is 47.5 Å². The van der Waals surface area contributed by atoms with Crippen molar-refractivity contribution in [1.82, 2.24) is 25.5 Å². The topological polar surface area (TPSA) is 88.0 Å². The zero-order valence-electron chi connectivity index (χ0n) is 13.8. The van der Waals surface area contributed by atoms with Gasteiger partial charge in [0, 0.05) is 36.1 Å². The van der Waals surface area contributed by atoms with Crippen LogP contribution in [0, 0.1) is 5.92 Å². The number of rotatable bonds is 4. The summed E-state index contributed by atoms with van der Waals surface area (Å²) in [5.41, 5.74) is 1.62. The Morgan fingerprint density at radius 2 is 2.32 bits per heavy atom. The molecule has 0 spiro atoms. The molecule has 2 heterocycles. The smallest absolute Gasteiger partial charge is 0.315 e. The number of urea groups is 1. The molecule has 3 amide bonds. The highest BCUT2D eigenvalue weighted by Gasteiger charge is 2.30. The van der Waals surface area contributed by atoms with Crippen molar-refractivity contribution in [2.24, 2.45) is 5.92 Å². The Morgan fingerprint density at radius 3 is 3.04 bits per heavy atom. The van der Waals surface area contributed by atoms with Crippen LogP contribution in [-0.4, -0.2) is 34.1 Å². The summed E-state index contributed by atoms with van der Waals surface area (Å²) < 4.78 is 1.83. The lowest BCUT2D eigenvalue weighted by Gasteiger charge is -2.29. The molecule has 3 rings (SSSR count). The van der Waals surface area contributed by atoms with Crippen LogP contribution in [0.2, 0.25) is 5.02 Å². The van der Waals surface area contributed by atoms with E-state index in [-0.39, 0.29) is 18.4 Å². The van der Waals surface area contributed by atoms with Gasteiger partial charge >= 0.3 is 6.03 Å². The summed E-state index contributed by atoms with van der Waals surface area (Å²) in [7, 11) is 0. The minimum Gasteiger partial charge on any atom is -0.354 e. The first-order chi connectivity index (χ1) is 12.1. The largest absolute Gasteiger partial charge is 0.354 e. The van der Waals surface area contributed by atoms with Gasteiger partial charge in [0.25, 0.3) is 0 Å². The van der Waals surface area contributed by atoms with Gasteiger partial charge in [-0.15, -0.1) is 0 Å². The standard InChI is InChI=1S/C17H20ClN5O2/c1-11-5-6-20-16(24)15(11)22-17(25)21-9-12-13(18)3-2-4-14(12)23-8-7-19-10-23/h2-4,7-8,10-11,15H,5-6,9H2,1H3,(H,20,24)(H2,21,22,25). The van der Waals surface area contributed by atoms with E-state index >= 15 is 0 Å². The molecule has 2 aromatic rings. The van der Waals surface area contributed by atoms with Crippen LogP contribution in [0.3, 0.4) is 0 Å². The molecule has 1 aliphatic rings. The van der Waals surface area contributed by atoms with Crippen LogP contribution in [0.4, 0.5) is 4.79 Å². The van der Waals surface area contributed by atoms with E-state index in [0.29, 0.717) is 11.6 Å². The number of halogens is 1. The van der Waals surface area contributed by atoms with Crippen molar-refractivity contribution in [2.75, 3.05) is 6.54 Å². The van der Waals surface area contributed by atoms with Crippen LogP contribution in [-0.2, 0) is 11.3 Å². The van der Waals surface area contributed by atoms with Gasteiger partial charge in [0.2, 0.25) is 5.91 Å². The zero-order chi connectivity index (χ0) is 17.8. The van der Waals surface area contributed by atoms with E-state index in [9.17, 15) is 9.59 Å². The molecule has 0 aliphatic carbocycles. The Morgan fingerprint density at radius 1 is 1.48 bits per heavy atom. The maximum Gasteiger partial charge on any atom is 0.315 e. The molecule has 0 saturated carbocycles. The number of benzene rings is 1. The number of piperidine rings is 1. The normalized spacial score (nSPS) is 20.0. The van der Waals surface area contributed by atoms with Gasteiger partial charge in [-0.25, -0.2) is 9.78 Å². The zero-order valence-corrected chi connectivity index (χ0v) is 14.6. The molecule has 0 radical (unpaired) electrons. The molecule has 2 unspecified atom stereocenters. The quantitative estimate of drug-likeness (QED) is 0.776. The number of nitrogens with zero attached hydrogens (tertiary/aromatic N) is 2. The van der Waals surface area contributed by atoms with E-state index in [0.717, 1.165) is 17.7 Å². The highest BCUT2D eigenvalue weighted by molar-refractivity contribution is 6.31. The molecule has 132 valence electrons. The first kappa shape index (κ1) is 17.3. The van der Waals surface area contributed by atoms with Crippen molar-refractivity contribution in [2.45, 2.75) is 25.9 Å². The van der Waals surface area contributed by atoms with Gasteiger partial charge in [-0.05, 0) is 24.5 Å². The Hall–Kier alpha value is -2.54. The first-order valence-corrected chi connectivity index (χ1v) is 8.52. The third-order valence-corrected chi connectivity index (χ3v) is 4.69. The molecule has 1 aromatic heterocycles. The number of nitrogens with one attached hydrogen (secondary N) is 3. The van der Waals surface area contributed by atoms with E-state index in [1.807, 2.05) is 29.8 Å². The van der Waals surface area contributed by atoms with E-state index in [2.05, 4.69) is 20.9 Å². The summed E-state index contributed by atoms with van der Waals surface area (Å²) in [5, 5.41) is 8.84. The molecule has 1 aromatic carbocycles. The molecule has 7 nitrogen and oxygen atoms in total. The molecule has 1 fully saturated rings. The number of imidazole rings is 1. The molecule has 2 atom stereocenters. The van der Waals surface area contributed by atoms with E-state index in [1.54, 1.807) is 18.6 Å². The monoisotopic (exact) mass is 361 g/mol. The van der Waals surface area contributed by atoms with Crippen molar-refractivity contribution >= 4 is 23.5 Å². The van der Waals surface area contributed by atoms with Gasteiger partial charge in [0.15, 0.2) is 0 Å². The van der Waals surface area contributed by atoms with Gasteiger partial charge in [-0.3, -0.25) is 4.79 Å². The average molecular weight is 362 g/mol. The second-order valence-corrected chi connectivity index (χ2v) is 6.48. The van der Waals surface area contributed by atoms with Crippen molar-refractivity contribution in [3.8, 4) is 5.69 Å². The fraction of sp³-hybridized carbons (Fsp3) is 0.353. The van der Waals surface area contributed by atoms with Crippen molar-refractivity contribution < 1.29 is 9.59 Å². The van der Waals surface area contributed by atoms with Crippen LogP contribution < -0.4 is 16.0 Å². The molecule has 25 heavy (non-hydrogen) atoms. The third kappa shape index (κ3) is 3.93. The summed E-state index contributed by atoms with van der Waals surface area (Å²) >= 11 is 6.30. The lowest BCUT2D eigenvalue weighted by Crippen LogP contribution is -2.56. The summed E-state index contributed by atoms with van der Waals surface area (Å²) in [6.45, 7) is 2.84. The summed E-state index contributed by atoms with van der Waals surface area (Å²) in [5.74, 6) is -0.0490. The maximum absolute atomic E-state index is 12.2. The second-order valence-electron chi connectivity index (χ2n) is 6.07. The fourth-order valence-corrected chi connectivity index (χ4v) is 3.13. The molecule has 3 N–H and O–H groups in total. The van der Waals surface area contributed by atoms with Crippen LogP contribution in [0.1, 0.15) is 18.9 Å². The Kier molecular flexibility index (Phi) is 5.23. The average Bonchev–Trinajstić information content (AvgIpc) is 3.11. The van der Waals surface area contributed by atoms with Gasteiger partial charge in [0.1, 0.15) is 6.04 Å². The molecule has 1 aliphatic heterocycles. The number of carbonyl (C=O) groups excluding carboxylic acids is 2. The highest BCUT2D eigenvalue weighted by atomic mass is 35.5. The third-order valence-electron chi connectivity index (χ3n) is 4.34. The number of carbonyl (C=O) groups is 2. The SMILES string of the molecule is CC1CCNC(=O)C1NC(=O)NCc1c(Cl)cccc1-n1ccnc1. The van der Waals surface area contributed by atoms with Crippen molar-refractivity contribution in [3.63, 3.8) is 0 Å². The molecular formula is C17H20ClN5O2. The van der Waals surface area contributed by atoms with E-state index < -0.39 is 12.1 Å². The number of amides is 3. The minimum absolute atomic E-state index is 0.0984. The van der Waals surface area contributed by atoms with Crippen LogP contribution in [0.15, 0.2) is 36.9 Å². The summed E-state index contributed by atoms with van der Waals surface area (Å²) in [6, 6.07) is 4.60. The fourth-order valence-electron chi connectivity index (χ4n) is 2.89. The van der Waals surface area contributed by atoms with E-state index in [4.69, 9.17) is 11.6 Å². The number of hydrogen-bond acceptors (Lipinski definition) is 3. The number of hydrogen-bond donors (Lipinski definition) is 3. The van der Waals surface area contributed by atoms with Crippen molar-refractivity contribution in [1.29, 1.82) is 0 Å². The lowest BCUT2D eigenvalue weighted by atomic mass is 9.94. The second kappa shape index (κ2) is 7.57. The van der Waals surface area contributed by atoms with Crippen LogP contribution in [0.5, 0.6) is 0 Å². The van der Waals surface area contributed by atoms with Crippen LogP contribution >= 0.6 is 11.6 Å². The van der Waals surface area contributed by atoms with Gasteiger partial charge < -0.3 is 20.5 Å². The van der Waals surface area contributed by atoms with Crippen LogP contribution in [0.25, 0.3) is 5.69 Å². The Bertz CT molecular complexity index is 762. The summed E-state index contributed by atoms with van der Waals surface area (Å²) in [4.78, 5) is 28.1. The molecular weight excluding hydrogens is 342 g/mol. The van der Waals surface area contributed by atoms with Gasteiger partial charge in [-0.2, -0.15) is 0 Å². The van der Waals surface area contributed by atoms with Gasteiger partial charge in [-0.1, -0.05) is 24.6 Å². The highest BCUT2D eigenvalue weighted by Crippen LogP contribution is 2.23.